The molecular formula is C116H121N9O10. The maximum atomic E-state index is 12.7. The summed E-state index contributed by atoms with van der Waals surface area (Å²) in [7, 11) is 0. The van der Waals surface area contributed by atoms with Gasteiger partial charge in [-0.25, -0.2) is 38.9 Å². The molecule has 0 radical (unpaired) electrons. The van der Waals surface area contributed by atoms with E-state index in [4.69, 9.17) is 23.7 Å². The number of carbonyl (C=O) groups excluding carboxylic acids is 5. The predicted octanol–water partition coefficient (Wildman–Crippen LogP) is 17.2. The Bertz CT molecular complexity index is 7000. The maximum absolute atomic E-state index is 12.7. The van der Waals surface area contributed by atoms with E-state index in [1.54, 1.807) is 18.5 Å². The van der Waals surface area contributed by atoms with Crippen molar-refractivity contribution in [1.29, 1.82) is 26.3 Å². The third-order valence-electron chi connectivity index (χ3n) is 25.5. The standard InChI is InChI=1S/4C24H25NO2.C20H21N5O2/c1-3-5-9-17(4-2)16-27-24(26)22(15-25)21-13-8-11-19-14-18-10-6-7-12-20(18)23(19)21;1-3-5-9-17(4-2)16-27-24(26)23(15-25)21-13-8-12-20-19-11-7-6-10-18(19)14-22(20)21;1-3-5-8-17(4-2)16-27-24(26)23(15-25)19-11-12-22-20(14-19)13-18-9-6-7-10-21(18)22;1-3-5-8-17(4-2)16-27-24(26)23(15-25)20-12-11-19-13-18-9-6-7-10-21(18)22(19)14-20;1-3-5-6-13(4-2)11-27-20(26)15(9-21)18-19-17(23-12-24-18)14-7-8-22-10-16(14)25-19/h2*6-8,10-14,17H,3-5,9,16H2,1-2H3;2*6-7,9-14,17H,3-5,8,16H2,1-2H3;7-8,10,12-13H,3-6,11H2,1-2H3/b22-21+;23-21-;23-19-;23-20-;18-15+. The second kappa shape index (κ2) is 51.4. The van der Waals surface area contributed by atoms with Crippen LogP contribution < -0.4 is 52.5 Å². The number of pyridine rings is 1. The minimum atomic E-state index is -0.669. The topological polar surface area (TPSA) is 301 Å². The van der Waals surface area contributed by atoms with Crippen molar-refractivity contribution in [2.75, 3.05) is 33.0 Å². The highest BCUT2D eigenvalue weighted by molar-refractivity contribution is 6.18. The minimum absolute atomic E-state index is 0.0764. The van der Waals surface area contributed by atoms with Gasteiger partial charge >= 0.3 is 29.8 Å². The molecule has 19 heteroatoms. The van der Waals surface area contributed by atoms with E-state index in [0.29, 0.717) is 100 Å². The van der Waals surface area contributed by atoms with Gasteiger partial charge in [-0.2, -0.15) is 26.3 Å². The van der Waals surface area contributed by atoms with Crippen molar-refractivity contribution in [3.63, 3.8) is 0 Å². The van der Waals surface area contributed by atoms with Gasteiger partial charge in [-0.05, 0) is 190 Å². The number of carbonyl (C=O) groups is 5. The Morgan fingerprint density at radius 2 is 0.748 bits per heavy atom. The lowest BCUT2D eigenvalue weighted by atomic mass is 10.0. The number of esters is 5. The molecular weight excluding hydrogens is 1680 g/mol. The van der Waals surface area contributed by atoms with E-state index in [9.17, 15) is 50.3 Å². The minimum Gasteiger partial charge on any atom is -0.461 e. The zero-order chi connectivity index (χ0) is 96.1. The average Bonchev–Trinajstić information content (AvgIpc) is 1.65. The van der Waals surface area contributed by atoms with Crippen LogP contribution in [-0.4, -0.2) is 77.8 Å². The number of ether oxygens (including phenoxy) is 5. The summed E-state index contributed by atoms with van der Waals surface area (Å²) >= 11 is 0. The monoisotopic (exact) mass is 1800 g/mol. The molecule has 0 bridgehead atoms. The molecule has 0 saturated carbocycles. The molecule has 690 valence electrons. The number of rotatable bonds is 35. The molecule has 5 aliphatic rings. The Balaban J connectivity index is 0.000000162. The summed E-state index contributed by atoms with van der Waals surface area (Å²) in [5.41, 5.74) is 10.9. The Morgan fingerprint density at radius 1 is 0.341 bits per heavy atom. The van der Waals surface area contributed by atoms with Crippen LogP contribution in [0.15, 0.2) is 200 Å². The van der Waals surface area contributed by atoms with Gasteiger partial charge in [-0.1, -0.05) is 323 Å². The van der Waals surface area contributed by atoms with Crippen molar-refractivity contribution < 1.29 is 47.7 Å². The molecule has 5 unspecified atom stereocenters. The van der Waals surface area contributed by atoms with Gasteiger partial charge in [0, 0.05) is 32.6 Å². The molecule has 135 heavy (non-hydrogen) atoms. The Morgan fingerprint density at radius 3 is 1.27 bits per heavy atom. The van der Waals surface area contributed by atoms with Gasteiger partial charge in [-0.15, -0.1) is 0 Å². The van der Waals surface area contributed by atoms with Crippen molar-refractivity contribution in [2.45, 2.75) is 198 Å². The van der Waals surface area contributed by atoms with Gasteiger partial charge in [-0.3, -0.25) is 4.98 Å². The lowest BCUT2D eigenvalue weighted by Crippen LogP contribution is -2.34. The zero-order valence-corrected chi connectivity index (χ0v) is 79.5. The van der Waals surface area contributed by atoms with Crippen LogP contribution in [0.5, 0.6) is 0 Å². The van der Waals surface area contributed by atoms with Crippen molar-refractivity contribution >= 4 is 87.7 Å². The average molecular weight is 1800 g/mol. The van der Waals surface area contributed by atoms with Gasteiger partial charge < -0.3 is 23.7 Å². The van der Waals surface area contributed by atoms with E-state index in [2.05, 4.69) is 156 Å². The van der Waals surface area contributed by atoms with Gasteiger partial charge in [0.1, 0.15) is 75.4 Å². The van der Waals surface area contributed by atoms with Gasteiger partial charge in [0.05, 0.1) is 44.9 Å². The molecule has 3 heterocycles. The van der Waals surface area contributed by atoms with Gasteiger partial charge in [0.25, 0.3) is 0 Å². The highest BCUT2D eigenvalue weighted by Crippen LogP contribution is 2.31. The summed E-state index contributed by atoms with van der Waals surface area (Å²) < 4.78 is 27.4. The van der Waals surface area contributed by atoms with Gasteiger partial charge in [0.15, 0.2) is 5.57 Å². The zero-order valence-electron chi connectivity index (χ0n) is 79.5. The smallest absolute Gasteiger partial charge is 0.351 e. The second-order valence-corrected chi connectivity index (χ2v) is 34.5. The van der Waals surface area contributed by atoms with Crippen molar-refractivity contribution in [2.24, 2.45) is 34.6 Å². The number of unbranched alkanes of at least 4 members (excludes halogenated alkanes) is 5. The number of aromatic nitrogens is 3. The third kappa shape index (κ3) is 25.6. The fourth-order valence-corrected chi connectivity index (χ4v) is 17.2. The van der Waals surface area contributed by atoms with E-state index in [1.807, 2.05) is 158 Å². The summed E-state index contributed by atoms with van der Waals surface area (Å²) in [4.78, 5) is 79.8. The Hall–Kier alpha value is -14.6. The molecule has 0 N–H and O–H groups in total. The fraction of sp³-hybridized carbons (Fsp3) is 0.345. The number of hydrogen-bond donors (Lipinski definition) is 0. The van der Waals surface area contributed by atoms with Crippen molar-refractivity contribution in [3.05, 3.63) is 290 Å². The second-order valence-electron chi connectivity index (χ2n) is 34.5. The SMILES string of the molecule is CCCCC(CC)COC(=O)/C(C#N)=c1/ccc2c(c1)-c1ccccc1C=2.CCCCC(CC)COC(=O)/C(C#N)=c1/ccc2c(c1)C=c1ccccc1=2.CCCCC(CC)COC(=O)/C(C#N)=c1/cccc2c1=Cc1ccccc1-2.CCCCC(CC)COC(=O)/C(C#N)=c1/ncnc2c1=Nc1cnccc1-2.CCCCC(CC)COC(=O)/C(C#N)=c1\cccc2c1=c1ccccc1=C2. The van der Waals surface area contributed by atoms with Crippen molar-refractivity contribution in [3.8, 4) is 63.9 Å². The fourth-order valence-electron chi connectivity index (χ4n) is 17.2. The lowest BCUT2D eigenvalue weighted by Gasteiger charge is -2.14. The summed E-state index contributed by atoms with van der Waals surface area (Å²) in [6, 6.07) is 67.4. The summed E-state index contributed by atoms with van der Waals surface area (Å²) in [5, 5.41) is 59.8. The third-order valence-corrected chi connectivity index (χ3v) is 25.5. The van der Waals surface area contributed by atoms with Gasteiger partial charge in [0.2, 0.25) is 0 Å². The number of benzene rings is 8. The van der Waals surface area contributed by atoms with E-state index in [0.717, 1.165) is 215 Å². The Labute approximate surface area is 791 Å². The van der Waals surface area contributed by atoms with Crippen LogP contribution in [-0.2, 0) is 47.7 Å². The van der Waals surface area contributed by atoms with Crippen LogP contribution in [0, 0.1) is 107 Å². The molecule has 0 spiro atoms. The maximum Gasteiger partial charge on any atom is 0.351 e. The molecule has 0 saturated heterocycles. The molecule has 10 aromatic rings. The number of fused-ring (bicyclic) bond motifs is 13. The molecule has 0 fully saturated rings. The quantitative estimate of drug-likeness (QED) is 0.0263. The van der Waals surface area contributed by atoms with E-state index in [1.165, 1.54) is 11.5 Å². The molecule has 0 amide bonds. The number of nitriles is 5. The van der Waals surface area contributed by atoms with E-state index < -0.39 is 29.8 Å². The first-order valence-corrected chi connectivity index (χ1v) is 48.0. The van der Waals surface area contributed by atoms with Crippen LogP contribution in [0.4, 0.5) is 5.69 Å². The lowest BCUT2D eigenvalue weighted by molar-refractivity contribution is -0.138. The summed E-state index contributed by atoms with van der Waals surface area (Å²) in [6.07, 6.45) is 34.2. The van der Waals surface area contributed by atoms with Crippen molar-refractivity contribution in [1.82, 2.24) is 15.0 Å². The summed E-state index contributed by atoms with van der Waals surface area (Å²) in [5.74, 6) is -1.05. The molecule has 1 aliphatic heterocycles. The Kier molecular flexibility index (Phi) is 38.5. The molecule has 5 atom stereocenters. The first-order valence-electron chi connectivity index (χ1n) is 48.0. The van der Waals surface area contributed by atoms with Crippen LogP contribution in [0.3, 0.4) is 0 Å². The van der Waals surface area contributed by atoms with Crippen LogP contribution in [0.2, 0.25) is 0 Å². The van der Waals surface area contributed by atoms with Crippen LogP contribution >= 0.6 is 0 Å². The molecule has 2 aromatic heterocycles. The largest absolute Gasteiger partial charge is 0.461 e. The molecule has 8 aromatic carbocycles. The predicted molar refractivity (Wildman–Crippen MR) is 528 cm³/mol. The highest BCUT2D eigenvalue weighted by atomic mass is 16.5. The van der Waals surface area contributed by atoms with E-state index in [-0.39, 0.29) is 33.2 Å². The molecule has 4 aliphatic carbocycles. The molecule has 19 nitrogen and oxygen atoms in total. The highest BCUT2D eigenvalue weighted by Gasteiger charge is 2.26. The van der Waals surface area contributed by atoms with E-state index >= 15 is 0 Å². The number of nitrogens with zero attached hydrogens (tertiary/aromatic N) is 9. The van der Waals surface area contributed by atoms with Crippen LogP contribution in [0.1, 0.15) is 220 Å². The van der Waals surface area contributed by atoms with Crippen LogP contribution in [0.25, 0.3) is 85.7 Å². The molecule has 15 rings (SSSR count). The summed E-state index contributed by atoms with van der Waals surface area (Å²) in [6.45, 7) is 23.1. The number of hydrogen-bond acceptors (Lipinski definition) is 19. The first kappa shape index (κ1) is 101. The first-order chi connectivity index (χ1) is 65.9. The normalized spacial score (nSPS) is 13.7.